The zero-order chi connectivity index (χ0) is 24.6. The van der Waals surface area contributed by atoms with E-state index in [-0.39, 0.29) is 19.3 Å². The average Bonchev–Trinajstić information content (AvgIpc) is 3.48. The molecule has 0 bridgehead atoms. The molecule has 12 heteroatoms. The molecule has 12 nitrogen and oxygen atoms in total. The molecule has 1 N–H and O–H groups in total. The maximum atomic E-state index is 9.08. The van der Waals surface area contributed by atoms with E-state index in [2.05, 4.69) is 56.5 Å². The number of ether oxygens (including phenoxy) is 1. The van der Waals surface area contributed by atoms with Crippen molar-refractivity contribution in [3.63, 3.8) is 0 Å². The van der Waals surface area contributed by atoms with Gasteiger partial charge < -0.3 is 24.1 Å². The molecule has 36 heavy (non-hydrogen) atoms. The molecule has 1 saturated heterocycles. The van der Waals surface area contributed by atoms with Gasteiger partial charge in [-0.2, -0.15) is 0 Å². The van der Waals surface area contributed by atoms with Crippen molar-refractivity contribution in [2.24, 2.45) is 0 Å². The number of anilines is 2. The van der Waals surface area contributed by atoms with Crippen LogP contribution >= 0.6 is 0 Å². The number of piperazine rings is 1. The number of rotatable bonds is 7. The second kappa shape index (κ2) is 11.3. The van der Waals surface area contributed by atoms with Crippen molar-refractivity contribution in [3.8, 4) is 23.3 Å². The van der Waals surface area contributed by atoms with E-state index in [4.69, 9.17) is 14.3 Å². The van der Waals surface area contributed by atoms with Gasteiger partial charge in [-0.3, -0.25) is 4.98 Å². The summed E-state index contributed by atoms with van der Waals surface area (Å²) in [5.41, 5.74) is 2.16. The second-order valence-corrected chi connectivity index (χ2v) is 7.85. The minimum Gasteiger partial charge on any atom is -0.442 e. The van der Waals surface area contributed by atoms with E-state index in [1.807, 2.05) is 12.1 Å². The third-order valence-corrected chi connectivity index (χ3v) is 5.49. The fourth-order valence-electron chi connectivity index (χ4n) is 3.76. The van der Waals surface area contributed by atoms with E-state index in [0.717, 1.165) is 5.56 Å². The number of pyridine rings is 1. The summed E-state index contributed by atoms with van der Waals surface area (Å²) in [5, 5.41) is 9.08. The Hall–Kier alpha value is -4.47. The number of aromatic nitrogens is 7. The van der Waals surface area contributed by atoms with Crippen molar-refractivity contribution in [1.82, 2.24) is 34.9 Å². The van der Waals surface area contributed by atoms with E-state index in [1.165, 1.54) is 19.0 Å². The summed E-state index contributed by atoms with van der Waals surface area (Å²) >= 11 is 0. The molecule has 0 spiro atoms. The summed E-state index contributed by atoms with van der Waals surface area (Å²) in [6.45, 7) is 2.62. The third kappa shape index (κ3) is 5.60. The SMILES string of the molecule is OCCOC[C@H]1CN(c2ncc(C#Cc3ccc(-c4cnco4)nc3)cn2)CCN1c1ncncn1. The molecule has 5 rings (SSSR count). The normalized spacial score (nSPS) is 15.4. The van der Waals surface area contributed by atoms with Crippen LogP contribution in [0, 0.1) is 11.8 Å². The molecule has 0 aliphatic carbocycles. The summed E-state index contributed by atoms with van der Waals surface area (Å²) in [7, 11) is 0. The molecular weight excluding hydrogens is 462 g/mol. The Morgan fingerprint density at radius 2 is 1.72 bits per heavy atom. The highest BCUT2D eigenvalue weighted by Crippen LogP contribution is 2.19. The van der Waals surface area contributed by atoms with Gasteiger partial charge in [0.1, 0.15) is 18.3 Å². The number of nitrogens with zero attached hydrogens (tertiary/aromatic N) is 9. The number of aliphatic hydroxyl groups excluding tert-OH is 1. The van der Waals surface area contributed by atoms with Crippen molar-refractivity contribution in [1.29, 1.82) is 0 Å². The van der Waals surface area contributed by atoms with Crippen LogP contribution in [0.4, 0.5) is 11.9 Å². The van der Waals surface area contributed by atoms with Crippen molar-refractivity contribution in [2.45, 2.75) is 6.04 Å². The van der Waals surface area contributed by atoms with Crippen LogP contribution in [0.5, 0.6) is 0 Å². The Labute approximate surface area is 207 Å². The van der Waals surface area contributed by atoms with E-state index >= 15 is 0 Å². The Morgan fingerprint density at radius 3 is 2.44 bits per heavy atom. The zero-order valence-electron chi connectivity index (χ0n) is 19.3. The minimum atomic E-state index is -0.0387. The Kier molecular flexibility index (Phi) is 7.31. The predicted molar refractivity (Wildman–Crippen MR) is 129 cm³/mol. The molecule has 4 aromatic rings. The number of oxazole rings is 1. The van der Waals surface area contributed by atoms with Crippen LogP contribution in [0.3, 0.4) is 0 Å². The molecule has 182 valence electrons. The van der Waals surface area contributed by atoms with Crippen LogP contribution < -0.4 is 9.80 Å². The predicted octanol–water partition coefficient (Wildman–Crippen LogP) is 0.815. The van der Waals surface area contributed by atoms with Gasteiger partial charge in [-0.25, -0.2) is 29.9 Å². The first-order valence-corrected chi connectivity index (χ1v) is 11.3. The summed E-state index contributed by atoms with van der Waals surface area (Å²) in [4.78, 5) is 33.9. The van der Waals surface area contributed by atoms with Gasteiger partial charge in [0, 0.05) is 43.8 Å². The smallest absolute Gasteiger partial charge is 0.228 e. The molecule has 5 heterocycles. The highest BCUT2D eigenvalue weighted by molar-refractivity contribution is 5.52. The first kappa shape index (κ1) is 23.3. The molecule has 0 saturated carbocycles. The average molecular weight is 486 g/mol. The molecule has 0 amide bonds. The van der Waals surface area contributed by atoms with E-state index < -0.39 is 0 Å². The highest BCUT2D eigenvalue weighted by Gasteiger charge is 2.30. The first-order valence-electron chi connectivity index (χ1n) is 11.3. The Balaban J connectivity index is 1.24. The quantitative estimate of drug-likeness (QED) is 0.293. The van der Waals surface area contributed by atoms with Crippen LogP contribution in [-0.2, 0) is 4.74 Å². The monoisotopic (exact) mass is 485 g/mol. The van der Waals surface area contributed by atoms with Gasteiger partial charge in [0.25, 0.3) is 0 Å². The van der Waals surface area contributed by atoms with Crippen molar-refractivity contribution in [2.75, 3.05) is 49.3 Å². The summed E-state index contributed by atoms with van der Waals surface area (Å²) in [6.07, 6.45) is 11.0. The maximum Gasteiger partial charge on any atom is 0.228 e. The van der Waals surface area contributed by atoms with Crippen LogP contribution in [0.15, 0.2) is 60.4 Å². The molecule has 1 atom stereocenters. The maximum absolute atomic E-state index is 9.08. The van der Waals surface area contributed by atoms with Gasteiger partial charge in [0.2, 0.25) is 11.9 Å². The topological polar surface area (TPSA) is 139 Å². The number of aliphatic hydroxyl groups is 1. The fourth-order valence-corrected chi connectivity index (χ4v) is 3.76. The van der Waals surface area contributed by atoms with Crippen molar-refractivity contribution < 1.29 is 14.3 Å². The van der Waals surface area contributed by atoms with Crippen molar-refractivity contribution >= 4 is 11.9 Å². The Bertz CT molecular complexity index is 1290. The second-order valence-electron chi connectivity index (χ2n) is 7.85. The zero-order valence-corrected chi connectivity index (χ0v) is 19.3. The van der Waals surface area contributed by atoms with Crippen LogP contribution in [0.1, 0.15) is 11.1 Å². The molecule has 1 fully saturated rings. The molecule has 0 aromatic carbocycles. The van der Waals surface area contributed by atoms with Crippen LogP contribution in [0.25, 0.3) is 11.5 Å². The molecule has 0 radical (unpaired) electrons. The van der Waals surface area contributed by atoms with Gasteiger partial charge in [0.15, 0.2) is 12.2 Å². The summed E-state index contributed by atoms with van der Waals surface area (Å²) in [6, 6.07) is 3.67. The lowest BCUT2D eigenvalue weighted by atomic mass is 10.2. The van der Waals surface area contributed by atoms with E-state index in [9.17, 15) is 0 Å². The molecule has 1 aliphatic heterocycles. The lowest BCUT2D eigenvalue weighted by molar-refractivity contribution is 0.0807. The lowest BCUT2D eigenvalue weighted by Gasteiger charge is -2.41. The van der Waals surface area contributed by atoms with E-state index in [0.29, 0.717) is 55.2 Å². The van der Waals surface area contributed by atoms with Gasteiger partial charge >= 0.3 is 0 Å². The fraction of sp³-hybridized carbons (Fsp3) is 0.292. The van der Waals surface area contributed by atoms with Crippen LogP contribution in [0.2, 0.25) is 0 Å². The molecule has 1 aliphatic rings. The number of hydrogen-bond donors (Lipinski definition) is 1. The van der Waals surface area contributed by atoms with Gasteiger partial charge in [-0.15, -0.1) is 0 Å². The minimum absolute atomic E-state index is 0.0323. The van der Waals surface area contributed by atoms with Crippen molar-refractivity contribution in [3.05, 3.63) is 67.1 Å². The highest BCUT2D eigenvalue weighted by atomic mass is 16.5. The lowest BCUT2D eigenvalue weighted by Crippen LogP contribution is -2.56. The summed E-state index contributed by atoms with van der Waals surface area (Å²) in [5.74, 6) is 7.96. The first-order chi connectivity index (χ1) is 17.8. The van der Waals surface area contributed by atoms with Gasteiger partial charge in [-0.05, 0) is 12.1 Å². The Morgan fingerprint density at radius 1 is 0.917 bits per heavy atom. The largest absolute Gasteiger partial charge is 0.442 e. The van der Waals surface area contributed by atoms with Crippen LogP contribution in [-0.4, -0.2) is 85.5 Å². The summed E-state index contributed by atoms with van der Waals surface area (Å²) < 4.78 is 10.9. The molecule has 4 aromatic heterocycles. The third-order valence-electron chi connectivity index (χ3n) is 5.49. The standard InChI is InChI=1S/C24H23N9O3/c34-7-8-35-14-20-13-32(5-6-33(20)24-30-15-26-16-31-24)23-28-10-19(11-29-23)2-1-18-3-4-21(27-9-18)22-12-25-17-36-22/h3-4,9-12,15-17,20,34H,5-8,13-14H2/t20-/m1/s1. The molecule has 0 unspecified atom stereocenters. The number of hydrogen-bond acceptors (Lipinski definition) is 12. The molecular formula is C24H23N9O3. The van der Waals surface area contributed by atoms with Gasteiger partial charge in [0.05, 0.1) is 37.6 Å². The van der Waals surface area contributed by atoms with E-state index in [1.54, 1.807) is 24.8 Å². The van der Waals surface area contributed by atoms with Gasteiger partial charge in [-0.1, -0.05) is 11.8 Å².